The van der Waals surface area contributed by atoms with Crippen LogP contribution in [0.15, 0.2) is 0 Å². The molecule has 1 aromatic heterocycles. The number of nitrogens with one attached hydrogen (secondary N) is 1. The van der Waals surface area contributed by atoms with Crippen molar-refractivity contribution >= 4 is 11.8 Å². The molecule has 0 aliphatic rings. The molecule has 0 spiro atoms. The number of anilines is 1. The number of carboxylic acids is 1. The maximum Gasteiger partial charge on any atom is 0.339 e. The molecule has 20 heavy (non-hydrogen) atoms. The van der Waals surface area contributed by atoms with Crippen LogP contribution >= 0.6 is 0 Å². The molecule has 0 unspecified atom stereocenters. The van der Waals surface area contributed by atoms with Gasteiger partial charge < -0.3 is 15.5 Å². The van der Waals surface area contributed by atoms with Crippen molar-refractivity contribution in [3.05, 3.63) is 16.8 Å². The van der Waals surface area contributed by atoms with Crippen molar-refractivity contribution in [2.24, 2.45) is 5.92 Å². The van der Waals surface area contributed by atoms with Gasteiger partial charge in [-0.15, -0.1) is 5.10 Å². The van der Waals surface area contributed by atoms with Crippen LogP contribution in [0.4, 0.5) is 5.82 Å². The van der Waals surface area contributed by atoms with Crippen LogP contribution in [-0.2, 0) is 12.8 Å². The summed E-state index contributed by atoms with van der Waals surface area (Å²) >= 11 is 0. The lowest BCUT2D eigenvalue weighted by molar-refractivity contribution is 0.0695. The highest BCUT2D eigenvalue weighted by molar-refractivity contribution is 5.95. The molecule has 0 saturated heterocycles. The SMILES string of the molecule is CCc1nnc(N[C@H](CO)C(C)C)c(C(=O)O)c1CC. The second-order valence-corrected chi connectivity index (χ2v) is 5.04. The van der Waals surface area contributed by atoms with Crippen LogP contribution in [0, 0.1) is 5.92 Å². The summed E-state index contributed by atoms with van der Waals surface area (Å²) < 4.78 is 0. The summed E-state index contributed by atoms with van der Waals surface area (Å²) in [7, 11) is 0. The lowest BCUT2D eigenvalue weighted by atomic mass is 10.0. The zero-order valence-corrected chi connectivity index (χ0v) is 12.5. The Hall–Kier alpha value is -1.69. The number of aliphatic hydroxyl groups excluding tert-OH is 1. The van der Waals surface area contributed by atoms with E-state index in [1.807, 2.05) is 27.7 Å². The third kappa shape index (κ3) is 3.45. The van der Waals surface area contributed by atoms with Crippen LogP contribution in [0.3, 0.4) is 0 Å². The average Bonchev–Trinajstić information content (AvgIpc) is 2.42. The molecule has 0 aliphatic heterocycles. The molecule has 6 heteroatoms. The Balaban J connectivity index is 3.29. The first-order valence-electron chi connectivity index (χ1n) is 6.95. The summed E-state index contributed by atoms with van der Waals surface area (Å²) in [6.45, 7) is 7.63. The van der Waals surface area contributed by atoms with Gasteiger partial charge in [-0.05, 0) is 24.3 Å². The molecule has 0 fully saturated rings. The van der Waals surface area contributed by atoms with Crippen LogP contribution in [-0.4, -0.2) is 39.0 Å². The Morgan fingerprint density at radius 1 is 1.25 bits per heavy atom. The maximum absolute atomic E-state index is 11.5. The Kier molecular flexibility index (Phi) is 5.88. The van der Waals surface area contributed by atoms with Gasteiger partial charge in [0.15, 0.2) is 5.82 Å². The molecular weight excluding hydrogens is 258 g/mol. The molecule has 1 heterocycles. The van der Waals surface area contributed by atoms with Crippen molar-refractivity contribution in [3.8, 4) is 0 Å². The van der Waals surface area contributed by atoms with E-state index in [0.717, 1.165) is 0 Å². The Morgan fingerprint density at radius 3 is 2.30 bits per heavy atom. The van der Waals surface area contributed by atoms with Gasteiger partial charge in [-0.1, -0.05) is 27.7 Å². The third-order valence-corrected chi connectivity index (χ3v) is 3.38. The zero-order chi connectivity index (χ0) is 15.3. The Bertz CT molecular complexity index is 475. The molecule has 0 bridgehead atoms. The summed E-state index contributed by atoms with van der Waals surface area (Å²) in [6.07, 6.45) is 1.23. The smallest absolute Gasteiger partial charge is 0.339 e. The fourth-order valence-corrected chi connectivity index (χ4v) is 2.10. The standard InChI is InChI=1S/C14H23N3O3/c1-5-9-10(6-2)16-17-13(12(9)14(19)20)15-11(7-18)8(3)4/h8,11,18H,5-7H2,1-4H3,(H,15,17)(H,19,20)/t11-/m1/s1. The van der Waals surface area contributed by atoms with Gasteiger partial charge in [0.2, 0.25) is 0 Å². The predicted molar refractivity (Wildman–Crippen MR) is 77.1 cm³/mol. The fourth-order valence-electron chi connectivity index (χ4n) is 2.10. The van der Waals surface area contributed by atoms with Crippen molar-refractivity contribution in [2.75, 3.05) is 11.9 Å². The lowest BCUT2D eigenvalue weighted by Crippen LogP contribution is -2.31. The summed E-state index contributed by atoms with van der Waals surface area (Å²) in [4.78, 5) is 11.5. The van der Waals surface area contributed by atoms with Gasteiger partial charge in [0.05, 0.1) is 18.3 Å². The fraction of sp³-hybridized carbons (Fsp3) is 0.643. The zero-order valence-electron chi connectivity index (χ0n) is 12.5. The molecular formula is C14H23N3O3. The highest BCUT2D eigenvalue weighted by atomic mass is 16.4. The van der Waals surface area contributed by atoms with Gasteiger partial charge in [0.1, 0.15) is 5.56 Å². The maximum atomic E-state index is 11.5. The van der Waals surface area contributed by atoms with E-state index < -0.39 is 5.97 Å². The quantitative estimate of drug-likeness (QED) is 0.704. The van der Waals surface area contributed by atoms with E-state index in [2.05, 4.69) is 15.5 Å². The van der Waals surface area contributed by atoms with Crippen LogP contribution in [0.2, 0.25) is 0 Å². The van der Waals surface area contributed by atoms with Crippen molar-refractivity contribution in [1.29, 1.82) is 0 Å². The van der Waals surface area contributed by atoms with Crippen molar-refractivity contribution < 1.29 is 15.0 Å². The van der Waals surface area contributed by atoms with Gasteiger partial charge in [-0.25, -0.2) is 4.79 Å². The molecule has 3 N–H and O–H groups in total. The van der Waals surface area contributed by atoms with Gasteiger partial charge in [-0.3, -0.25) is 0 Å². The number of nitrogens with zero attached hydrogens (tertiary/aromatic N) is 2. The van der Waals surface area contributed by atoms with Gasteiger partial charge in [0.25, 0.3) is 0 Å². The molecule has 112 valence electrons. The van der Waals surface area contributed by atoms with E-state index in [1.165, 1.54) is 0 Å². The number of aromatic carboxylic acids is 1. The Labute approximate surface area is 119 Å². The number of hydrogen-bond acceptors (Lipinski definition) is 5. The first-order valence-corrected chi connectivity index (χ1v) is 6.95. The van der Waals surface area contributed by atoms with E-state index in [9.17, 15) is 15.0 Å². The summed E-state index contributed by atoms with van der Waals surface area (Å²) in [5.41, 5.74) is 1.58. The normalized spacial score (nSPS) is 12.5. The first-order chi connectivity index (χ1) is 9.46. The minimum absolute atomic E-state index is 0.0879. The predicted octanol–water partition coefficient (Wildman–Crippen LogP) is 1.73. The van der Waals surface area contributed by atoms with Gasteiger partial charge in [-0.2, -0.15) is 5.10 Å². The van der Waals surface area contributed by atoms with Gasteiger partial charge in [0, 0.05) is 0 Å². The second kappa shape index (κ2) is 7.19. The first kappa shape index (κ1) is 16.4. The molecule has 0 aromatic carbocycles. The number of aromatic nitrogens is 2. The van der Waals surface area contributed by atoms with E-state index in [4.69, 9.17) is 0 Å². The number of carboxylic acid groups (broad SMARTS) is 1. The highest BCUT2D eigenvalue weighted by Crippen LogP contribution is 2.22. The third-order valence-electron chi connectivity index (χ3n) is 3.38. The summed E-state index contributed by atoms with van der Waals surface area (Å²) in [6, 6.07) is -0.250. The van der Waals surface area contributed by atoms with E-state index in [-0.39, 0.29) is 29.9 Å². The molecule has 6 nitrogen and oxygen atoms in total. The molecule has 1 atom stereocenters. The average molecular weight is 281 g/mol. The molecule has 0 radical (unpaired) electrons. The van der Waals surface area contributed by atoms with E-state index >= 15 is 0 Å². The molecule has 1 rings (SSSR count). The summed E-state index contributed by atoms with van der Waals surface area (Å²) in [5, 5.41) is 29.9. The number of rotatable bonds is 7. The molecule has 0 amide bonds. The molecule has 1 aromatic rings. The second-order valence-electron chi connectivity index (χ2n) is 5.04. The Morgan fingerprint density at radius 2 is 1.90 bits per heavy atom. The number of aliphatic hydroxyl groups is 1. The van der Waals surface area contributed by atoms with Crippen molar-refractivity contribution in [3.63, 3.8) is 0 Å². The van der Waals surface area contributed by atoms with Gasteiger partial charge >= 0.3 is 5.97 Å². The summed E-state index contributed by atoms with van der Waals surface area (Å²) in [5.74, 6) is -0.631. The number of carbonyl (C=O) groups is 1. The lowest BCUT2D eigenvalue weighted by Gasteiger charge is -2.22. The minimum atomic E-state index is -1.02. The van der Waals surface area contributed by atoms with Crippen LogP contribution in [0.25, 0.3) is 0 Å². The largest absolute Gasteiger partial charge is 0.478 e. The van der Waals surface area contributed by atoms with Crippen LogP contribution < -0.4 is 5.32 Å². The monoisotopic (exact) mass is 281 g/mol. The number of aryl methyl sites for hydroxylation is 1. The van der Waals surface area contributed by atoms with E-state index in [1.54, 1.807) is 0 Å². The molecule has 0 saturated carbocycles. The molecule has 0 aliphatic carbocycles. The van der Waals surface area contributed by atoms with Crippen molar-refractivity contribution in [1.82, 2.24) is 10.2 Å². The number of hydrogen-bond donors (Lipinski definition) is 3. The van der Waals surface area contributed by atoms with Crippen LogP contribution in [0.1, 0.15) is 49.3 Å². The minimum Gasteiger partial charge on any atom is -0.478 e. The van der Waals surface area contributed by atoms with E-state index in [0.29, 0.717) is 24.1 Å². The highest BCUT2D eigenvalue weighted by Gasteiger charge is 2.23. The van der Waals surface area contributed by atoms with Crippen molar-refractivity contribution in [2.45, 2.75) is 46.6 Å². The topological polar surface area (TPSA) is 95.3 Å². The van der Waals surface area contributed by atoms with Crippen LogP contribution in [0.5, 0.6) is 0 Å².